The molecule has 2 fully saturated rings. The van der Waals surface area contributed by atoms with Gasteiger partial charge in [-0.25, -0.2) is 4.98 Å². The van der Waals surface area contributed by atoms with Crippen LogP contribution in [0, 0.1) is 5.92 Å². The van der Waals surface area contributed by atoms with Gasteiger partial charge < -0.3 is 14.6 Å². The molecule has 1 N–H and O–H groups in total. The number of aromatic nitrogens is 2. The van der Waals surface area contributed by atoms with Crippen molar-refractivity contribution in [3.05, 3.63) is 24.0 Å². The van der Waals surface area contributed by atoms with Crippen molar-refractivity contribution in [2.45, 2.75) is 38.6 Å². The minimum atomic E-state index is 0.278. The first-order chi connectivity index (χ1) is 12.7. The minimum Gasteiger partial charge on any atom is -0.497 e. The van der Waals surface area contributed by atoms with Crippen LogP contribution in [0.15, 0.2) is 18.2 Å². The van der Waals surface area contributed by atoms with Crippen LogP contribution in [0.25, 0.3) is 11.0 Å². The largest absolute Gasteiger partial charge is 0.497 e. The van der Waals surface area contributed by atoms with Gasteiger partial charge in [0, 0.05) is 38.2 Å². The summed E-state index contributed by atoms with van der Waals surface area (Å²) in [6, 6.07) is 5.89. The fraction of sp³-hybridized carbons (Fsp3) is 0.600. The second kappa shape index (κ2) is 7.66. The van der Waals surface area contributed by atoms with E-state index in [-0.39, 0.29) is 5.92 Å². The van der Waals surface area contributed by atoms with Crippen LogP contribution in [0.2, 0.25) is 0 Å². The lowest BCUT2D eigenvalue weighted by molar-refractivity contribution is -0.138. The number of methoxy groups -OCH3 is 1. The molecule has 2 aromatic rings. The summed E-state index contributed by atoms with van der Waals surface area (Å²) < 4.78 is 5.27. The molecule has 1 aromatic heterocycles. The first kappa shape index (κ1) is 17.3. The molecule has 1 saturated heterocycles. The van der Waals surface area contributed by atoms with E-state index < -0.39 is 0 Å². The predicted molar refractivity (Wildman–Crippen MR) is 101 cm³/mol. The average molecular weight is 356 g/mol. The number of amides is 1. The van der Waals surface area contributed by atoms with E-state index in [1.807, 2.05) is 18.2 Å². The number of hydrogen-bond donors (Lipinski definition) is 1. The normalized spacial score (nSPS) is 19.8. The number of nitrogens with one attached hydrogen (secondary N) is 1. The Morgan fingerprint density at radius 1 is 1.19 bits per heavy atom. The molecular weight excluding hydrogens is 328 g/mol. The lowest BCUT2D eigenvalue weighted by Gasteiger charge is -2.36. The number of carbonyl (C=O) groups is 1. The summed E-state index contributed by atoms with van der Waals surface area (Å²) in [5.74, 6) is 2.48. The Morgan fingerprint density at radius 3 is 2.69 bits per heavy atom. The number of aromatic amines is 1. The van der Waals surface area contributed by atoms with Crippen LogP contribution in [0.4, 0.5) is 0 Å². The zero-order valence-electron chi connectivity index (χ0n) is 15.5. The van der Waals surface area contributed by atoms with E-state index in [1.54, 1.807) is 7.11 Å². The summed E-state index contributed by atoms with van der Waals surface area (Å²) in [6.45, 7) is 4.30. The highest BCUT2D eigenvalue weighted by Crippen LogP contribution is 2.26. The molecule has 4 rings (SSSR count). The molecule has 0 radical (unpaired) electrons. The Kier molecular flexibility index (Phi) is 5.11. The van der Waals surface area contributed by atoms with Crippen molar-refractivity contribution in [1.29, 1.82) is 0 Å². The molecule has 0 atom stereocenters. The number of rotatable bonds is 4. The van der Waals surface area contributed by atoms with Gasteiger partial charge in [-0.3, -0.25) is 9.69 Å². The van der Waals surface area contributed by atoms with Gasteiger partial charge in [0.05, 0.1) is 24.7 Å². The zero-order chi connectivity index (χ0) is 17.9. The van der Waals surface area contributed by atoms with Crippen LogP contribution >= 0.6 is 0 Å². The monoisotopic (exact) mass is 356 g/mol. The van der Waals surface area contributed by atoms with E-state index in [4.69, 9.17) is 4.74 Å². The van der Waals surface area contributed by atoms with E-state index in [9.17, 15) is 4.79 Å². The Bertz CT molecular complexity index is 758. The van der Waals surface area contributed by atoms with Crippen molar-refractivity contribution < 1.29 is 9.53 Å². The Labute approximate surface area is 154 Å². The third-order valence-corrected chi connectivity index (χ3v) is 5.75. The topological polar surface area (TPSA) is 61.5 Å². The van der Waals surface area contributed by atoms with Gasteiger partial charge in [0.1, 0.15) is 11.6 Å². The predicted octanol–water partition coefficient (Wildman–Crippen LogP) is 2.80. The first-order valence-electron chi connectivity index (χ1n) is 9.77. The maximum atomic E-state index is 12.7. The van der Waals surface area contributed by atoms with Gasteiger partial charge in [0.2, 0.25) is 5.91 Å². The lowest BCUT2D eigenvalue weighted by atomic mass is 9.88. The molecule has 1 amide bonds. The number of carbonyl (C=O) groups excluding carboxylic acids is 1. The van der Waals surface area contributed by atoms with Crippen molar-refractivity contribution >= 4 is 16.9 Å². The lowest BCUT2D eigenvalue weighted by Crippen LogP contribution is -2.50. The van der Waals surface area contributed by atoms with Gasteiger partial charge in [0.15, 0.2) is 0 Å². The van der Waals surface area contributed by atoms with Gasteiger partial charge in [-0.1, -0.05) is 19.3 Å². The summed E-state index contributed by atoms with van der Waals surface area (Å²) in [5.41, 5.74) is 1.97. The van der Waals surface area contributed by atoms with Crippen LogP contribution in [0.1, 0.15) is 37.9 Å². The molecule has 0 bridgehead atoms. The summed E-state index contributed by atoms with van der Waals surface area (Å²) in [6.07, 6.45) is 5.89. The number of piperazine rings is 1. The van der Waals surface area contributed by atoms with Crippen molar-refractivity contribution in [2.75, 3.05) is 33.3 Å². The fourth-order valence-corrected chi connectivity index (χ4v) is 4.19. The molecule has 2 heterocycles. The van der Waals surface area contributed by atoms with Crippen LogP contribution < -0.4 is 4.74 Å². The number of nitrogens with zero attached hydrogens (tertiary/aromatic N) is 3. The number of ether oxygens (including phenoxy) is 1. The average Bonchev–Trinajstić information content (AvgIpc) is 3.10. The maximum Gasteiger partial charge on any atom is 0.225 e. The number of H-pyrrole nitrogens is 1. The van der Waals surface area contributed by atoms with E-state index in [0.717, 1.165) is 68.2 Å². The SMILES string of the molecule is COc1ccc2nc(CN3CCN(C(=O)C4CCCCC4)CC3)[nH]c2c1. The minimum absolute atomic E-state index is 0.278. The number of fused-ring (bicyclic) bond motifs is 1. The highest BCUT2D eigenvalue weighted by atomic mass is 16.5. The third-order valence-electron chi connectivity index (χ3n) is 5.75. The second-order valence-corrected chi connectivity index (χ2v) is 7.50. The van der Waals surface area contributed by atoms with Gasteiger partial charge in [-0.2, -0.15) is 0 Å². The third kappa shape index (κ3) is 3.70. The fourth-order valence-electron chi connectivity index (χ4n) is 4.19. The Balaban J connectivity index is 1.33. The molecule has 0 unspecified atom stereocenters. The number of benzene rings is 1. The second-order valence-electron chi connectivity index (χ2n) is 7.50. The molecule has 6 heteroatoms. The van der Waals surface area contributed by atoms with Gasteiger partial charge in [-0.15, -0.1) is 0 Å². The molecule has 1 saturated carbocycles. The van der Waals surface area contributed by atoms with Crippen LogP contribution in [0.3, 0.4) is 0 Å². The quantitative estimate of drug-likeness (QED) is 0.915. The molecule has 140 valence electrons. The van der Waals surface area contributed by atoms with Crippen LogP contribution in [0.5, 0.6) is 5.75 Å². The summed E-state index contributed by atoms with van der Waals surface area (Å²) in [5, 5.41) is 0. The molecule has 1 aliphatic carbocycles. The first-order valence-corrected chi connectivity index (χ1v) is 9.77. The Morgan fingerprint density at radius 2 is 1.96 bits per heavy atom. The molecule has 6 nitrogen and oxygen atoms in total. The van der Waals surface area contributed by atoms with Crippen molar-refractivity contribution in [3.8, 4) is 5.75 Å². The molecular formula is C20H28N4O2. The van der Waals surface area contributed by atoms with Gasteiger partial charge in [-0.05, 0) is 25.0 Å². The molecule has 1 aliphatic heterocycles. The summed E-state index contributed by atoms with van der Waals surface area (Å²) in [4.78, 5) is 25.2. The molecule has 0 spiro atoms. The standard InChI is InChI=1S/C20H28N4O2/c1-26-16-7-8-17-18(13-16)22-19(21-17)14-23-9-11-24(12-10-23)20(25)15-5-3-2-4-6-15/h7-8,13,15H,2-6,9-12,14H2,1H3,(H,21,22). The van der Waals surface area contributed by atoms with Gasteiger partial charge >= 0.3 is 0 Å². The van der Waals surface area contributed by atoms with Crippen LogP contribution in [-0.4, -0.2) is 59.0 Å². The molecule has 26 heavy (non-hydrogen) atoms. The van der Waals surface area contributed by atoms with Gasteiger partial charge in [0.25, 0.3) is 0 Å². The van der Waals surface area contributed by atoms with Crippen molar-refractivity contribution in [3.63, 3.8) is 0 Å². The highest BCUT2D eigenvalue weighted by molar-refractivity contribution is 5.79. The molecule has 2 aliphatic rings. The maximum absolute atomic E-state index is 12.7. The number of hydrogen-bond acceptors (Lipinski definition) is 4. The number of imidazole rings is 1. The van der Waals surface area contributed by atoms with Crippen molar-refractivity contribution in [2.24, 2.45) is 5.92 Å². The molecule has 1 aromatic carbocycles. The van der Waals surface area contributed by atoms with E-state index in [0.29, 0.717) is 5.91 Å². The summed E-state index contributed by atoms with van der Waals surface area (Å²) >= 11 is 0. The smallest absolute Gasteiger partial charge is 0.225 e. The summed E-state index contributed by atoms with van der Waals surface area (Å²) in [7, 11) is 1.67. The van der Waals surface area contributed by atoms with Crippen molar-refractivity contribution in [1.82, 2.24) is 19.8 Å². The van der Waals surface area contributed by atoms with E-state index in [1.165, 1.54) is 19.3 Å². The van der Waals surface area contributed by atoms with E-state index in [2.05, 4.69) is 19.8 Å². The zero-order valence-corrected chi connectivity index (χ0v) is 15.5. The van der Waals surface area contributed by atoms with E-state index >= 15 is 0 Å². The highest BCUT2D eigenvalue weighted by Gasteiger charge is 2.28. The Hall–Kier alpha value is -2.08. The van der Waals surface area contributed by atoms with Crippen LogP contribution in [-0.2, 0) is 11.3 Å².